The largest absolute Gasteiger partial charge is 0.491 e. The molecule has 0 spiro atoms. The standard InChI is InChI=1S/C26H32N2O6/c1-17(29)28(21(24(30)32-5)14-18-9-7-6-8-10-18)22-16-33-23-12-11-19(13-20(22)23)15-27-25(31)34-26(2,3)4/h6-13,21-22H,14-16H2,1-5H3,(H,27,31)/t21-,22?/m0/s1. The lowest BCUT2D eigenvalue weighted by Gasteiger charge is -2.33. The third-order valence-electron chi connectivity index (χ3n) is 5.45. The number of alkyl carbamates (subject to hydrolysis) is 1. The van der Waals surface area contributed by atoms with Gasteiger partial charge in [0.15, 0.2) is 0 Å². The van der Waals surface area contributed by atoms with E-state index in [1.807, 2.05) is 48.5 Å². The number of esters is 1. The Bertz CT molecular complexity index is 1030. The zero-order valence-corrected chi connectivity index (χ0v) is 20.3. The van der Waals surface area contributed by atoms with E-state index in [-0.39, 0.29) is 19.1 Å². The van der Waals surface area contributed by atoms with Crippen molar-refractivity contribution >= 4 is 18.0 Å². The van der Waals surface area contributed by atoms with Crippen LogP contribution in [0.4, 0.5) is 4.79 Å². The molecule has 0 aliphatic carbocycles. The van der Waals surface area contributed by atoms with Gasteiger partial charge in [-0.15, -0.1) is 0 Å². The Morgan fingerprint density at radius 3 is 2.44 bits per heavy atom. The summed E-state index contributed by atoms with van der Waals surface area (Å²) in [5, 5.41) is 2.74. The second-order valence-corrected chi connectivity index (χ2v) is 9.21. The molecule has 0 saturated heterocycles. The van der Waals surface area contributed by atoms with E-state index in [0.29, 0.717) is 12.2 Å². The lowest BCUT2D eigenvalue weighted by atomic mass is 9.98. The lowest BCUT2D eigenvalue weighted by molar-refractivity contribution is -0.154. The van der Waals surface area contributed by atoms with Crippen LogP contribution in [0.15, 0.2) is 48.5 Å². The maximum atomic E-state index is 12.8. The second-order valence-electron chi connectivity index (χ2n) is 9.21. The first-order valence-corrected chi connectivity index (χ1v) is 11.2. The predicted octanol–water partition coefficient (Wildman–Crippen LogP) is 3.78. The highest BCUT2D eigenvalue weighted by Gasteiger charge is 2.39. The van der Waals surface area contributed by atoms with Crippen LogP contribution in [0.2, 0.25) is 0 Å². The molecule has 0 bridgehead atoms. The van der Waals surface area contributed by atoms with Crippen LogP contribution in [0.5, 0.6) is 5.75 Å². The van der Waals surface area contributed by atoms with E-state index in [9.17, 15) is 14.4 Å². The molecule has 2 aromatic carbocycles. The van der Waals surface area contributed by atoms with E-state index in [1.54, 1.807) is 20.8 Å². The molecule has 34 heavy (non-hydrogen) atoms. The fourth-order valence-electron chi connectivity index (χ4n) is 4.00. The van der Waals surface area contributed by atoms with Crippen LogP contribution in [-0.4, -0.2) is 48.2 Å². The molecule has 0 fully saturated rings. The molecule has 3 rings (SSSR count). The predicted molar refractivity (Wildman–Crippen MR) is 126 cm³/mol. The van der Waals surface area contributed by atoms with Crippen LogP contribution in [0.25, 0.3) is 0 Å². The third-order valence-corrected chi connectivity index (χ3v) is 5.45. The maximum absolute atomic E-state index is 12.8. The molecule has 1 aliphatic heterocycles. The normalized spacial score (nSPS) is 15.5. The summed E-state index contributed by atoms with van der Waals surface area (Å²) in [6, 6.07) is 13.8. The first-order valence-electron chi connectivity index (χ1n) is 11.2. The number of rotatable bonds is 7. The minimum atomic E-state index is -0.812. The fraction of sp³-hybridized carbons (Fsp3) is 0.423. The molecule has 2 atom stereocenters. The number of carbonyl (C=O) groups excluding carboxylic acids is 3. The number of ether oxygens (including phenoxy) is 3. The quantitative estimate of drug-likeness (QED) is 0.622. The molecule has 182 valence electrons. The number of hydrogen-bond acceptors (Lipinski definition) is 6. The number of methoxy groups -OCH3 is 1. The van der Waals surface area contributed by atoms with Gasteiger partial charge in [-0.25, -0.2) is 9.59 Å². The summed E-state index contributed by atoms with van der Waals surface area (Å²) in [5.74, 6) is -0.110. The van der Waals surface area contributed by atoms with Gasteiger partial charge in [-0.2, -0.15) is 0 Å². The van der Waals surface area contributed by atoms with E-state index >= 15 is 0 Å². The van der Waals surface area contributed by atoms with Gasteiger partial charge in [0.25, 0.3) is 0 Å². The second kappa shape index (κ2) is 10.6. The fourth-order valence-corrected chi connectivity index (χ4v) is 4.00. The zero-order chi connectivity index (χ0) is 24.9. The van der Waals surface area contributed by atoms with Crippen LogP contribution < -0.4 is 10.1 Å². The molecule has 0 aromatic heterocycles. The maximum Gasteiger partial charge on any atom is 0.407 e. The van der Waals surface area contributed by atoms with E-state index in [2.05, 4.69) is 5.32 Å². The van der Waals surface area contributed by atoms with Gasteiger partial charge < -0.3 is 24.4 Å². The third kappa shape index (κ3) is 6.27. The number of nitrogens with one attached hydrogen (secondary N) is 1. The van der Waals surface area contributed by atoms with Gasteiger partial charge in [-0.05, 0) is 44.0 Å². The van der Waals surface area contributed by atoms with Crippen molar-refractivity contribution in [1.82, 2.24) is 10.2 Å². The Labute approximate surface area is 200 Å². The molecule has 0 saturated carbocycles. The van der Waals surface area contributed by atoms with Crippen molar-refractivity contribution in [2.24, 2.45) is 0 Å². The van der Waals surface area contributed by atoms with Crippen LogP contribution in [0, 0.1) is 0 Å². The van der Waals surface area contributed by atoms with Crippen LogP contribution in [-0.2, 0) is 32.0 Å². The lowest BCUT2D eigenvalue weighted by Crippen LogP contribution is -2.48. The summed E-state index contributed by atoms with van der Waals surface area (Å²) in [6.45, 7) is 7.31. The van der Waals surface area contributed by atoms with E-state index in [1.165, 1.54) is 18.9 Å². The van der Waals surface area contributed by atoms with E-state index < -0.39 is 29.7 Å². The Hall–Kier alpha value is -3.55. The summed E-state index contributed by atoms with van der Waals surface area (Å²) >= 11 is 0. The minimum Gasteiger partial charge on any atom is -0.491 e. The van der Waals surface area contributed by atoms with Crippen molar-refractivity contribution in [1.29, 1.82) is 0 Å². The van der Waals surface area contributed by atoms with Gasteiger partial charge in [0.05, 0.1) is 13.2 Å². The van der Waals surface area contributed by atoms with Gasteiger partial charge in [-0.3, -0.25) is 4.79 Å². The number of fused-ring (bicyclic) bond motifs is 1. The van der Waals surface area contributed by atoms with E-state index in [4.69, 9.17) is 14.2 Å². The number of hydrogen-bond donors (Lipinski definition) is 1. The Morgan fingerprint density at radius 1 is 1.12 bits per heavy atom. The average molecular weight is 469 g/mol. The molecule has 2 amide bonds. The summed E-state index contributed by atoms with van der Waals surface area (Å²) in [7, 11) is 1.32. The monoisotopic (exact) mass is 468 g/mol. The molecule has 1 unspecified atom stereocenters. The molecular weight excluding hydrogens is 436 g/mol. The zero-order valence-electron chi connectivity index (χ0n) is 20.3. The summed E-state index contributed by atoms with van der Waals surface area (Å²) < 4.78 is 16.2. The van der Waals surface area contributed by atoms with Gasteiger partial charge in [0, 0.05) is 25.5 Å². The number of amides is 2. The molecular formula is C26H32N2O6. The molecule has 8 heteroatoms. The molecule has 8 nitrogen and oxygen atoms in total. The number of benzene rings is 2. The van der Waals surface area contributed by atoms with Crippen LogP contribution in [0.3, 0.4) is 0 Å². The minimum absolute atomic E-state index is 0.222. The number of carbonyl (C=O) groups is 3. The van der Waals surface area contributed by atoms with Gasteiger partial charge in [-0.1, -0.05) is 36.4 Å². The number of nitrogens with zero attached hydrogens (tertiary/aromatic N) is 1. The molecule has 0 radical (unpaired) electrons. The topological polar surface area (TPSA) is 94.2 Å². The summed E-state index contributed by atoms with van der Waals surface area (Å²) in [5.41, 5.74) is 1.92. The first-order chi connectivity index (χ1) is 16.1. The average Bonchev–Trinajstić information content (AvgIpc) is 3.19. The highest BCUT2D eigenvalue weighted by atomic mass is 16.6. The van der Waals surface area contributed by atoms with Crippen molar-refractivity contribution in [3.05, 3.63) is 65.2 Å². The molecule has 1 heterocycles. The summed E-state index contributed by atoms with van der Waals surface area (Å²) in [6.07, 6.45) is -0.196. The highest BCUT2D eigenvalue weighted by molar-refractivity contribution is 5.84. The summed E-state index contributed by atoms with van der Waals surface area (Å²) in [4.78, 5) is 39.2. The van der Waals surface area contributed by atoms with Crippen molar-refractivity contribution < 1.29 is 28.6 Å². The van der Waals surface area contributed by atoms with Crippen molar-refractivity contribution in [2.75, 3.05) is 13.7 Å². The molecule has 2 aromatic rings. The van der Waals surface area contributed by atoms with Gasteiger partial charge in [0.1, 0.15) is 24.0 Å². The van der Waals surface area contributed by atoms with Crippen molar-refractivity contribution in [2.45, 2.75) is 58.3 Å². The Balaban J connectivity index is 1.85. The van der Waals surface area contributed by atoms with Gasteiger partial charge in [0.2, 0.25) is 5.91 Å². The Morgan fingerprint density at radius 2 is 1.82 bits per heavy atom. The molecule has 1 aliphatic rings. The van der Waals surface area contributed by atoms with Crippen molar-refractivity contribution in [3.63, 3.8) is 0 Å². The van der Waals surface area contributed by atoms with Crippen LogP contribution >= 0.6 is 0 Å². The van der Waals surface area contributed by atoms with Crippen molar-refractivity contribution in [3.8, 4) is 5.75 Å². The van der Waals surface area contributed by atoms with Gasteiger partial charge >= 0.3 is 12.1 Å². The SMILES string of the molecule is COC(=O)[C@H](Cc1ccccc1)N(C(C)=O)C1COc2ccc(CNC(=O)OC(C)(C)C)cc21. The smallest absolute Gasteiger partial charge is 0.407 e. The first kappa shape index (κ1) is 25.1. The van der Waals surface area contributed by atoms with E-state index in [0.717, 1.165) is 16.7 Å². The Kier molecular flexibility index (Phi) is 7.81. The molecule has 1 N–H and O–H groups in total. The highest BCUT2D eigenvalue weighted by Crippen LogP contribution is 2.38. The van der Waals surface area contributed by atoms with Crippen LogP contribution in [0.1, 0.15) is 50.4 Å².